The number of carbonyl (C=O) groups is 1. The van der Waals surface area contributed by atoms with Crippen LogP contribution in [0.5, 0.6) is 5.75 Å². The number of aromatic nitrogens is 1. The first kappa shape index (κ1) is 18.3. The van der Waals surface area contributed by atoms with Gasteiger partial charge in [0.25, 0.3) is 0 Å². The van der Waals surface area contributed by atoms with Crippen LogP contribution in [0.2, 0.25) is 0 Å². The fourth-order valence-corrected chi connectivity index (χ4v) is 3.59. The van der Waals surface area contributed by atoms with Gasteiger partial charge in [-0.1, -0.05) is 12.8 Å². The fourth-order valence-electron chi connectivity index (χ4n) is 3.59. The number of rotatable bonds is 4. The molecule has 146 valence electrons. The molecule has 0 bridgehead atoms. The molecule has 4 heterocycles. The van der Waals surface area contributed by atoms with Crippen molar-refractivity contribution < 1.29 is 19.1 Å². The predicted octanol–water partition coefficient (Wildman–Crippen LogP) is 4.19. The van der Waals surface area contributed by atoms with E-state index in [1.165, 1.54) is 0 Å². The third kappa shape index (κ3) is 3.40. The van der Waals surface area contributed by atoms with Gasteiger partial charge in [-0.15, -0.1) is 0 Å². The van der Waals surface area contributed by atoms with Gasteiger partial charge in [0.05, 0.1) is 6.61 Å². The standard InChI is InChI=1S/C21H23N3O4/c1-2-27-21(26)17-18(25)16(28-20(17)24-10-5-3-4-6-11-24)12-14-13-23-19-15(14)8-7-9-22-19/h7-9,12-13,25H,2-6,10-11H2,1H3. The molecule has 0 aliphatic carbocycles. The van der Waals surface area contributed by atoms with Gasteiger partial charge in [-0.2, -0.15) is 0 Å². The molecular formula is C21H23N3O4. The van der Waals surface area contributed by atoms with E-state index in [0.717, 1.165) is 49.9 Å². The number of fused-ring (bicyclic) bond motifs is 1. The summed E-state index contributed by atoms with van der Waals surface area (Å²) in [6.07, 6.45) is 9.38. The topological polar surface area (TPSA) is 88.2 Å². The van der Waals surface area contributed by atoms with Crippen molar-refractivity contribution in [1.82, 2.24) is 4.98 Å². The first-order chi connectivity index (χ1) is 13.7. The highest BCUT2D eigenvalue weighted by atomic mass is 16.5. The third-order valence-electron chi connectivity index (χ3n) is 4.97. The molecule has 2 aromatic rings. The van der Waals surface area contributed by atoms with Crippen LogP contribution in [0, 0.1) is 0 Å². The van der Waals surface area contributed by atoms with Crippen LogP contribution in [-0.2, 0) is 4.74 Å². The molecule has 2 aliphatic rings. The second-order valence-electron chi connectivity index (χ2n) is 6.85. The average molecular weight is 381 g/mol. The fraction of sp³-hybridized carbons (Fsp3) is 0.381. The van der Waals surface area contributed by atoms with E-state index in [0.29, 0.717) is 11.7 Å². The summed E-state index contributed by atoms with van der Waals surface area (Å²) in [5, 5.41) is 10.8. The van der Waals surface area contributed by atoms with Crippen LogP contribution in [0.3, 0.4) is 0 Å². The summed E-state index contributed by atoms with van der Waals surface area (Å²) in [7, 11) is 0. The van der Waals surface area contributed by atoms with E-state index in [1.807, 2.05) is 17.0 Å². The van der Waals surface area contributed by atoms with Crippen LogP contribution in [0.15, 0.2) is 27.7 Å². The molecule has 1 N–H and O–H groups in total. The van der Waals surface area contributed by atoms with Crippen molar-refractivity contribution in [3.05, 3.63) is 35.2 Å². The summed E-state index contributed by atoms with van der Waals surface area (Å²) in [4.78, 5) is 23.1. The number of hydrogen-bond acceptors (Lipinski definition) is 7. The number of esters is 1. The molecule has 7 nitrogen and oxygen atoms in total. The largest absolute Gasteiger partial charge is 0.504 e. The quantitative estimate of drug-likeness (QED) is 0.799. The van der Waals surface area contributed by atoms with Crippen molar-refractivity contribution >= 4 is 35.5 Å². The van der Waals surface area contributed by atoms with E-state index >= 15 is 0 Å². The molecule has 2 aliphatic heterocycles. The lowest BCUT2D eigenvalue weighted by atomic mass is 10.1. The Bertz CT molecular complexity index is 937. The number of anilines is 1. The Morgan fingerprint density at radius 2 is 2.11 bits per heavy atom. The lowest BCUT2D eigenvalue weighted by Crippen LogP contribution is -2.25. The molecule has 0 unspecified atom stereocenters. The third-order valence-corrected chi connectivity index (χ3v) is 4.97. The molecule has 0 amide bonds. The molecule has 28 heavy (non-hydrogen) atoms. The highest BCUT2D eigenvalue weighted by molar-refractivity contribution is 6.21. The number of hydrogen-bond donors (Lipinski definition) is 1. The maximum atomic E-state index is 12.5. The van der Waals surface area contributed by atoms with Crippen molar-refractivity contribution in [3.63, 3.8) is 0 Å². The van der Waals surface area contributed by atoms with Gasteiger partial charge >= 0.3 is 5.97 Å². The van der Waals surface area contributed by atoms with Crippen molar-refractivity contribution in [1.29, 1.82) is 0 Å². The summed E-state index contributed by atoms with van der Waals surface area (Å²) >= 11 is 0. The molecule has 0 saturated carbocycles. The number of carbonyl (C=O) groups excluding carboxylic acids is 1. The van der Waals surface area contributed by atoms with E-state index in [9.17, 15) is 9.90 Å². The van der Waals surface area contributed by atoms with E-state index in [-0.39, 0.29) is 23.7 Å². The van der Waals surface area contributed by atoms with Crippen molar-refractivity contribution in [3.8, 4) is 5.75 Å². The van der Waals surface area contributed by atoms with Gasteiger partial charge in [-0.3, -0.25) is 0 Å². The van der Waals surface area contributed by atoms with Crippen LogP contribution in [0.25, 0.3) is 11.6 Å². The molecule has 0 radical (unpaired) electrons. The Morgan fingerprint density at radius 1 is 1.32 bits per heavy atom. The number of aliphatic imine (C=N–C) groups is 1. The van der Waals surface area contributed by atoms with Gasteiger partial charge in [0.15, 0.2) is 22.9 Å². The van der Waals surface area contributed by atoms with Crippen LogP contribution in [0.1, 0.15) is 54.3 Å². The van der Waals surface area contributed by atoms with Gasteiger partial charge in [0.1, 0.15) is 0 Å². The van der Waals surface area contributed by atoms with E-state index in [1.54, 1.807) is 25.4 Å². The van der Waals surface area contributed by atoms with E-state index < -0.39 is 5.97 Å². The maximum absolute atomic E-state index is 12.5. The highest BCUT2D eigenvalue weighted by Gasteiger charge is 2.30. The van der Waals surface area contributed by atoms with Crippen LogP contribution < -0.4 is 4.90 Å². The minimum Gasteiger partial charge on any atom is -0.504 e. The Morgan fingerprint density at radius 3 is 2.86 bits per heavy atom. The molecule has 1 fully saturated rings. The number of furan rings is 1. The van der Waals surface area contributed by atoms with Gasteiger partial charge in [0.2, 0.25) is 5.88 Å². The van der Waals surface area contributed by atoms with Gasteiger partial charge in [0, 0.05) is 36.6 Å². The molecule has 7 heteroatoms. The zero-order chi connectivity index (χ0) is 19.5. The van der Waals surface area contributed by atoms with Crippen molar-refractivity contribution in [2.45, 2.75) is 32.6 Å². The highest BCUT2D eigenvalue weighted by Crippen LogP contribution is 2.40. The lowest BCUT2D eigenvalue weighted by molar-refractivity contribution is 0.0523. The zero-order valence-corrected chi connectivity index (χ0v) is 15.9. The molecule has 0 spiro atoms. The molecule has 4 rings (SSSR count). The van der Waals surface area contributed by atoms with E-state index in [4.69, 9.17) is 9.15 Å². The smallest absolute Gasteiger partial charge is 0.347 e. The molecule has 0 atom stereocenters. The van der Waals surface area contributed by atoms with Crippen molar-refractivity contribution in [2.75, 3.05) is 24.6 Å². The Hall–Kier alpha value is -3.09. The normalized spacial score (nSPS) is 17.6. The lowest BCUT2D eigenvalue weighted by Gasteiger charge is -2.20. The minimum absolute atomic E-state index is 0.0944. The summed E-state index contributed by atoms with van der Waals surface area (Å²) < 4.78 is 11.2. The first-order valence-electron chi connectivity index (χ1n) is 9.68. The van der Waals surface area contributed by atoms with Gasteiger partial charge < -0.3 is 19.2 Å². The van der Waals surface area contributed by atoms with Crippen LogP contribution in [-0.4, -0.2) is 42.0 Å². The number of ether oxygens (including phenoxy) is 1. The molecule has 0 aromatic carbocycles. The first-order valence-corrected chi connectivity index (χ1v) is 9.68. The number of aromatic hydroxyl groups is 1. The summed E-state index contributed by atoms with van der Waals surface area (Å²) in [6, 6.07) is 3.74. The predicted molar refractivity (Wildman–Crippen MR) is 107 cm³/mol. The van der Waals surface area contributed by atoms with E-state index in [2.05, 4.69) is 9.98 Å². The van der Waals surface area contributed by atoms with Crippen molar-refractivity contribution in [2.24, 2.45) is 4.99 Å². The molecule has 1 saturated heterocycles. The Labute approximate surface area is 163 Å². The summed E-state index contributed by atoms with van der Waals surface area (Å²) in [5.41, 5.74) is 1.72. The maximum Gasteiger partial charge on any atom is 0.347 e. The zero-order valence-electron chi connectivity index (χ0n) is 15.9. The number of allylic oxidation sites excluding steroid dienone is 1. The minimum atomic E-state index is -0.574. The Kier molecular flexibility index (Phi) is 5.14. The second-order valence-corrected chi connectivity index (χ2v) is 6.85. The second kappa shape index (κ2) is 7.88. The van der Waals surface area contributed by atoms with Crippen LogP contribution in [0.4, 0.5) is 11.7 Å². The van der Waals surface area contributed by atoms with Gasteiger partial charge in [-0.05, 0) is 38.0 Å². The summed E-state index contributed by atoms with van der Waals surface area (Å²) in [5.74, 6) is 0.454. The monoisotopic (exact) mass is 381 g/mol. The Balaban J connectivity index is 1.76. The average Bonchev–Trinajstić information content (AvgIpc) is 3.12. The van der Waals surface area contributed by atoms with Gasteiger partial charge in [-0.25, -0.2) is 14.8 Å². The SMILES string of the molecule is CCOC(=O)c1c(N2CCCCCC2)oc(C=C2C=Nc3ncccc32)c1O. The molecule has 2 aromatic heterocycles. The summed E-state index contributed by atoms with van der Waals surface area (Å²) in [6.45, 7) is 3.53. The number of nitrogens with zero attached hydrogens (tertiary/aromatic N) is 3. The van der Waals surface area contributed by atoms with Crippen LogP contribution >= 0.6 is 0 Å². The number of pyridine rings is 1. The molecular weight excluding hydrogens is 358 g/mol.